The van der Waals surface area contributed by atoms with Gasteiger partial charge in [0, 0.05) is 17.0 Å². The zero-order valence-electron chi connectivity index (χ0n) is 24.2. The Morgan fingerprint density at radius 3 is 2.64 bits per heavy atom. The number of nitrogens with zero attached hydrogens (tertiary/aromatic N) is 6. The lowest BCUT2D eigenvalue weighted by Crippen LogP contribution is -2.38. The number of piperidine rings is 1. The summed E-state index contributed by atoms with van der Waals surface area (Å²) >= 11 is 0. The summed E-state index contributed by atoms with van der Waals surface area (Å²) in [6.45, 7) is 14.6. The molecular formula is C33H34FN7O. The van der Waals surface area contributed by atoms with Gasteiger partial charge in [-0.15, -0.1) is 5.10 Å². The van der Waals surface area contributed by atoms with Gasteiger partial charge in [-0.25, -0.2) is 18.9 Å². The van der Waals surface area contributed by atoms with E-state index in [2.05, 4.69) is 39.3 Å². The highest BCUT2D eigenvalue weighted by Crippen LogP contribution is 2.42. The first-order valence-corrected chi connectivity index (χ1v) is 14.8. The van der Waals surface area contributed by atoms with Crippen molar-refractivity contribution in [2.75, 3.05) is 26.7 Å². The molecule has 0 radical (unpaired) electrons. The fraction of sp³-hybridized carbons (Fsp3) is 0.394. The quantitative estimate of drug-likeness (QED) is 0.244. The van der Waals surface area contributed by atoms with Gasteiger partial charge < -0.3 is 10.1 Å². The minimum atomic E-state index is -0.423. The van der Waals surface area contributed by atoms with Crippen LogP contribution in [0.2, 0.25) is 0 Å². The summed E-state index contributed by atoms with van der Waals surface area (Å²) in [6.07, 6.45) is 3.84. The molecule has 5 aromatic rings. The van der Waals surface area contributed by atoms with Gasteiger partial charge in [-0.1, -0.05) is 41.6 Å². The molecule has 7 rings (SSSR count). The van der Waals surface area contributed by atoms with E-state index in [0.717, 1.165) is 67.2 Å². The molecule has 42 heavy (non-hydrogen) atoms. The predicted molar refractivity (Wildman–Crippen MR) is 164 cm³/mol. The number of fused-ring (bicyclic) bond motifs is 4. The van der Waals surface area contributed by atoms with Crippen LogP contribution in [-0.2, 0) is 0 Å². The highest BCUT2D eigenvalue weighted by atomic mass is 19.1. The molecule has 2 aliphatic heterocycles. The summed E-state index contributed by atoms with van der Waals surface area (Å²) in [5.41, 5.74) is 3.97. The highest BCUT2D eigenvalue weighted by Gasteiger charge is 2.31. The number of hydrogen-bond acceptors (Lipinski definition) is 6. The summed E-state index contributed by atoms with van der Waals surface area (Å²) in [5.74, 6) is -0.105. The van der Waals surface area contributed by atoms with E-state index in [4.69, 9.17) is 16.3 Å². The minimum absolute atomic E-state index is 0.149. The third kappa shape index (κ3) is 4.29. The SMILES string of the molecule is [C-]#[N+]c1cccc2cccc(-c3c(C)cc4c(nc(O[C@@H](C)[C@@H]5CCCN5C)c5nnn(C6CCNCC6)c54)c3F)c12. The second-order valence-electron chi connectivity index (χ2n) is 11.7. The lowest BCUT2D eigenvalue weighted by Gasteiger charge is -2.27. The topological polar surface area (TPSA) is 72.5 Å². The van der Waals surface area contributed by atoms with Crippen LogP contribution in [-0.4, -0.2) is 63.7 Å². The Labute approximate surface area is 244 Å². The van der Waals surface area contributed by atoms with Gasteiger partial charge in [-0.2, -0.15) is 0 Å². The van der Waals surface area contributed by atoms with Gasteiger partial charge in [0.1, 0.15) is 17.1 Å². The van der Waals surface area contributed by atoms with Crippen LogP contribution in [0.3, 0.4) is 0 Å². The van der Waals surface area contributed by atoms with Crippen LogP contribution < -0.4 is 10.1 Å². The molecule has 0 bridgehead atoms. The van der Waals surface area contributed by atoms with Crippen molar-refractivity contribution in [3.05, 3.63) is 65.3 Å². The number of aromatic nitrogens is 4. The maximum atomic E-state index is 17.0. The third-order valence-electron chi connectivity index (χ3n) is 9.15. The maximum Gasteiger partial charge on any atom is 0.245 e. The first-order valence-electron chi connectivity index (χ1n) is 14.8. The van der Waals surface area contributed by atoms with Gasteiger partial charge in [0.05, 0.1) is 12.6 Å². The number of ether oxygens (including phenoxy) is 1. The van der Waals surface area contributed by atoms with Gasteiger partial charge in [0.25, 0.3) is 0 Å². The van der Waals surface area contributed by atoms with Crippen molar-refractivity contribution >= 4 is 38.4 Å². The third-order valence-corrected chi connectivity index (χ3v) is 9.15. The van der Waals surface area contributed by atoms with Crippen molar-refractivity contribution in [2.45, 2.75) is 57.7 Å². The molecule has 1 N–H and O–H groups in total. The fourth-order valence-electron chi connectivity index (χ4n) is 7.03. The molecule has 0 unspecified atom stereocenters. The largest absolute Gasteiger partial charge is 0.471 e. The van der Waals surface area contributed by atoms with Crippen LogP contribution in [0.1, 0.15) is 44.2 Å². The van der Waals surface area contributed by atoms with E-state index < -0.39 is 5.82 Å². The number of rotatable bonds is 5. The number of halogens is 1. The van der Waals surface area contributed by atoms with E-state index >= 15 is 4.39 Å². The van der Waals surface area contributed by atoms with Crippen molar-refractivity contribution in [1.29, 1.82) is 0 Å². The Morgan fingerprint density at radius 1 is 1.12 bits per heavy atom. The first-order chi connectivity index (χ1) is 20.5. The number of pyridine rings is 1. The molecule has 0 spiro atoms. The van der Waals surface area contributed by atoms with Crippen LogP contribution in [0.15, 0.2) is 42.5 Å². The Morgan fingerprint density at radius 2 is 1.90 bits per heavy atom. The van der Waals surface area contributed by atoms with Crippen molar-refractivity contribution in [3.8, 4) is 17.0 Å². The Kier molecular flexibility index (Phi) is 6.76. The molecule has 2 saturated heterocycles. The number of aryl methyl sites for hydroxylation is 1. The number of likely N-dealkylation sites (N-methyl/N-ethyl adjacent to an activating group) is 1. The first kappa shape index (κ1) is 26.7. The number of hydrogen-bond donors (Lipinski definition) is 1. The number of nitrogens with one attached hydrogen (secondary N) is 1. The van der Waals surface area contributed by atoms with Crippen molar-refractivity contribution in [1.82, 2.24) is 30.2 Å². The molecule has 0 saturated carbocycles. The van der Waals surface area contributed by atoms with Crippen LogP contribution in [0.5, 0.6) is 5.88 Å². The zero-order valence-corrected chi connectivity index (χ0v) is 24.2. The van der Waals surface area contributed by atoms with E-state index in [1.54, 1.807) is 6.07 Å². The molecule has 8 nitrogen and oxygen atoms in total. The zero-order chi connectivity index (χ0) is 29.0. The molecule has 3 aromatic carbocycles. The molecule has 2 aliphatic rings. The van der Waals surface area contributed by atoms with Gasteiger partial charge in [-0.3, -0.25) is 4.90 Å². The van der Waals surface area contributed by atoms with Gasteiger partial charge in [-0.05, 0) is 94.2 Å². The molecule has 0 amide bonds. The average Bonchev–Trinajstić information content (AvgIpc) is 3.65. The summed E-state index contributed by atoms with van der Waals surface area (Å²) < 4.78 is 25.5. The normalized spacial score (nSPS) is 19.1. The molecule has 214 valence electrons. The predicted octanol–water partition coefficient (Wildman–Crippen LogP) is 6.58. The van der Waals surface area contributed by atoms with Crippen molar-refractivity contribution in [2.24, 2.45) is 0 Å². The average molecular weight is 564 g/mol. The van der Waals surface area contributed by atoms with Crippen LogP contribution in [0.25, 0.3) is 48.7 Å². The van der Waals surface area contributed by atoms with Crippen molar-refractivity contribution in [3.63, 3.8) is 0 Å². The second kappa shape index (κ2) is 10.6. The standard InChI is InChI=1S/C33H34FN7O/c1-19-18-24-30(29(34)27(19)23-10-5-8-21-9-6-11-25(35-3)28(21)23)37-33(42-20(2)26-12-7-17-40(26)4)31-32(24)41(39-38-31)22-13-15-36-16-14-22/h5-6,8-11,18,20,22,26,36H,7,12-17H2,1-2,4H3/t20-,26-/m0/s1. The second-order valence-corrected chi connectivity index (χ2v) is 11.7. The van der Waals surface area contributed by atoms with E-state index in [9.17, 15) is 0 Å². The smallest absolute Gasteiger partial charge is 0.245 e. The molecule has 4 heterocycles. The number of benzene rings is 3. The minimum Gasteiger partial charge on any atom is -0.471 e. The molecule has 9 heteroatoms. The molecule has 2 aromatic heterocycles. The van der Waals surface area contributed by atoms with Crippen LogP contribution in [0, 0.1) is 19.3 Å². The van der Waals surface area contributed by atoms with E-state index in [1.165, 1.54) is 0 Å². The maximum absolute atomic E-state index is 17.0. The Balaban J connectivity index is 1.48. The lowest BCUT2D eigenvalue weighted by molar-refractivity contribution is 0.118. The van der Waals surface area contributed by atoms with Gasteiger partial charge in [0.15, 0.2) is 17.0 Å². The molecule has 2 atom stereocenters. The van der Waals surface area contributed by atoms with E-state index in [1.807, 2.05) is 48.0 Å². The van der Waals surface area contributed by atoms with Crippen molar-refractivity contribution < 1.29 is 9.13 Å². The Hall–Kier alpha value is -4.13. The van der Waals surface area contributed by atoms with Gasteiger partial charge >= 0.3 is 0 Å². The summed E-state index contributed by atoms with van der Waals surface area (Å²) in [5, 5.41) is 14.9. The van der Waals surface area contributed by atoms with Crippen LogP contribution >= 0.6 is 0 Å². The Bertz CT molecular complexity index is 1870. The van der Waals surface area contributed by atoms with E-state index in [-0.39, 0.29) is 23.7 Å². The van der Waals surface area contributed by atoms with Gasteiger partial charge in [0.2, 0.25) is 5.88 Å². The fourth-order valence-corrected chi connectivity index (χ4v) is 7.03. The molecular weight excluding hydrogens is 529 g/mol. The molecule has 0 aliphatic carbocycles. The number of likely N-dealkylation sites (tertiary alicyclic amines) is 1. The highest BCUT2D eigenvalue weighted by molar-refractivity contribution is 6.10. The van der Waals surface area contributed by atoms with E-state index in [0.29, 0.717) is 33.6 Å². The lowest BCUT2D eigenvalue weighted by atomic mass is 9.92. The summed E-state index contributed by atoms with van der Waals surface area (Å²) in [7, 11) is 2.12. The van der Waals surface area contributed by atoms with Crippen LogP contribution in [0.4, 0.5) is 10.1 Å². The molecule has 2 fully saturated rings. The summed E-state index contributed by atoms with van der Waals surface area (Å²) in [6, 6.07) is 13.8. The summed E-state index contributed by atoms with van der Waals surface area (Å²) in [4.78, 5) is 10.9. The monoisotopic (exact) mass is 563 g/mol.